The van der Waals surface area contributed by atoms with Crippen LogP contribution in [0.4, 0.5) is 38.9 Å². The van der Waals surface area contributed by atoms with Crippen LogP contribution in [-0.4, -0.2) is 94.4 Å². The topological polar surface area (TPSA) is 106 Å². The molecular formula is C32H42ClFN8O3S. The molecule has 5 rings (SSSR count). The van der Waals surface area contributed by atoms with Crippen molar-refractivity contribution in [3.63, 3.8) is 0 Å². The van der Waals surface area contributed by atoms with Crippen LogP contribution < -0.4 is 19.8 Å². The molecule has 14 heteroatoms. The Bertz CT molecular complexity index is 1530. The van der Waals surface area contributed by atoms with E-state index in [-0.39, 0.29) is 29.6 Å². The van der Waals surface area contributed by atoms with Crippen LogP contribution in [0.3, 0.4) is 0 Å². The number of piperidine rings is 1. The fourth-order valence-corrected chi connectivity index (χ4v) is 6.23. The molecule has 2 aliphatic heterocycles. The highest BCUT2D eigenvalue weighted by Crippen LogP contribution is 2.32. The van der Waals surface area contributed by atoms with Crippen LogP contribution in [0.5, 0.6) is 0 Å². The summed E-state index contributed by atoms with van der Waals surface area (Å²) in [5, 5.41) is 6.55. The summed E-state index contributed by atoms with van der Waals surface area (Å²) in [5.74, 6) is 0.105. The maximum absolute atomic E-state index is 15.4. The Labute approximate surface area is 278 Å². The lowest BCUT2D eigenvalue weighted by molar-refractivity contribution is -0.156. The van der Waals surface area contributed by atoms with Gasteiger partial charge in [0.25, 0.3) is 0 Å². The van der Waals surface area contributed by atoms with Gasteiger partial charge in [0.05, 0.1) is 29.8 Å². The number of benzene rings is 2. The number of carbonyl (C=O) groups is 1. The van der Waals surface area contributed by atoms with E-state index < -0.39 is 5.60 Å². The van der Waals surface area contributed by atoms with E-state index in [0.29, 0.717) is 46.2 Å². The average Bonchev–Trinajstić information content (AvgIpc) is 3.02. The number of halogens is 2. The SMILES string of the molecule is CN([SH]=O)c1ccccc1Nc1nc(Nc2ccc(N3CCC(N4CCN(CC(=O)OC(C)(C)C)CC4)CC3)c(F)c2)ncc1Cl. The quantitative estimate of drug-likeness (QED) is 0.202. The number of thiol groups is 1. The van der Waals surface area contributed by atoms with E-state index in [1.165, 1.54) is 12.3 Å². The predicted molar refractivity (Wildman–Crippen MR) is 183 cm³/mol. The lowest BCUT2D eigenvalue weighted by Crippen LogP contribution is -2.54. The van der Waals surface area contributed by atoms with Gasteiger partial charge >= 0.3 is 5.97 Å². The zero-order chi connectivity index (χ0) is 32.8. The number of aromatic nitrogens is 2. The van der Waals surface area contributed by atoms with Gasteiger partial charge in [0.15, 0.2) is 5.82 Å². The third-order valence-corrected chi connectivity index (χ3v) is 8.81. The number of carbonyl (C=O) groups excluding carboxylic acids is 1. The minimum Gasteiger partial charge on any atom is -0.459 e. The Morgan fingerprint density at radius 3 is 2.48 bits per heavy atom. The van der Waals surface area contributed by atoms with Crippen LogP contribution in [0.1, 0.15) is 33.6 Å². The van der Waals surface area contributed by atoms with Crippen molar-refractivity contribution in [1.82, 2.24) is 19.8 Å². The molecule has 2 fully saturated rings. The van der Waals surface area contributed by atoms with Crippen LogP contribution in [-0.2, 0) is 21.4 Å². The van der Waals surface area contributed by atoms with Gasteiger partial charge < -0.3 is 20.3 Å². The van der Waals surface area contributed by atoms with Gasteiger partial charge in [-0.2, -0.15) is 4.98 Å². The Morgan fingerprint density at radius 2 is 1.80 bits per heavy atom. The molecule has 0 saturated carbocycles. The highest BCUT2D eigenvalue weighted by Gasteiger charge is 2.29. The number of piperazine rings is 1. The first-order valence-electron chi connectivity index (χ1n) is 15.4. The van der Waals surface area contributed by atoms with Crippen molar-refractivity contribution < 1.29 is 18.1 Å². The number of para-hydroxylation sites is 2. The van der Waals surface area contributed by atoms with Gasteiger partial charge in [-0.25, -0.2) is 13.6 Å². The third kappa shape index (κ3) is 8.84. The molecule has 0 atom stereocenters. The molecule has 0 aliphatic carbocycles. The Morgan fingerprint density at radius 1 is 1.09 bits per heavy atom. The monoisotopic (exact) mass is 672 g/mol. The Hall–Kier alpha value is -3.52. The molecule has 0 radical (unpaired) electrons. The minimum atomic E-state index is -0.471. The largest absolute Gasteiger partial charge is 0.459 e. The van der Waals surface area contributed by atoms with Crippen molar-refractivity contribution in [1.29, 1.82) is 0 Å². The molecular weight excluding hydrogens is 631 g/mol. The van der Waals surface area contributed by atoms with Gasteiger partial charge in [-0.05, 0) is 63.9 Å². The second kappa shape index (κ2) is 14.9. The van der Waals surface area contributed by atoms with Crippen molar-refractivity contribution >= 4 is 63.9 Å². The lowest BCUT2D eigenvalue weighted by atomic mass is 10.0. The molecule has 46 heavy (non-hydrogen) atoms. The number of hydrogen-bond donors (Lipinski definition) is 3. The number of rotatable bonds is 10. The molecule has 2 N–H and O–H groups in total. The lowest BCUT2D eigenvalue weighted by Gasteiger charge is -2.43. The molecule has 1 aromatic heterocycles. The highest BCUT2D eigenvalue weighted by molar-refractivity contribution is 7.67. The van der Waals surface area contributed by atoms with E-state index in [4.69, 9.17) is 16.3 Å². The number of nitrogens with one attached hydrogen (secondary N) is 2. The smallest absolute Gasteiger partial charge is 0.320 e. The predicted octanol–water partition coefficient (Wildman–Crippen LogP) is 4.98. The van der Waals surface area contributed by atoms with Crippen molar-refractivity contribution in [2.24, 2.45) is 0 Å². The maximum Gasteiger partial charge on any atom is 0.320 e. The first-order chi connectivity index (χ1) is 22.0. The Kier molecular flexibility index (Phi) is 11.0. The van der Waals surface area contributed by atoms with E-state index in [0.717, 1.165) is 52.1 Å². The molecule has 248 valence electrons. The first-order valence-corrected chi connectivity index (χ1v) is 16.6. The van der Waals surface area contributed by atoms with E-state index in [2.05, 4.69) is 35.3 Å². The van der Waals surface area contributed by atoms with E-state index in [1.54, 1.807) is 17.4 Å². The van der Waals surface area contributed by atoms with Crippen LogP contribution in [0, 0.1) is 5.82 Å². The molecule has 0 unspecified atom stereocenters. The summed E-state index contributed by atoms with van der Waals surface area (Å²) in [6, 6.07) is 12.8. The number of esters is 1. The van der Waals surface area contributed by atoms with Crippen LogP contribution in [0.25, 0.3) is 0 Å². The van der Waals surface area contributed by atoms with Crippen molar-refractivity contribution in [2.45, 2.75) is 45.3 Å². The van der Waals surface area contributed by atoms with Crippen LogP contribution in [0.15, 0.2) is 48.7 Å². The number of hydrogen-bond acceptors (Lipinski definition) is 10. The van der Waals surface area contributed by atoms with Crippen molar-refractivity contribution in [2.75, 3.05) is 72.7 Å². The average molecular weight is 673 g/mol. The van der Waals surface area contributed by atoms with Crippen LogP contribution in [0.2, 0.25) is 5.02 Å². The molecule has 0 amide bonds. The first kappa shape index (κ1) is 33.8. The molecule has 3 heterocycles. The van der Waals surface area contributed by atoms with Gasteiger partial charge in [0.2, 0.25) is 5.95 Å². The highest BCUT2D eigenvalue weighted by atomic mass is 35.5. The summed E-state index contributed by atoms with van der Waals surface area (Å²) in [7, 11) is 1.70. The standard InChI is InChI=1S/C32H42ClFN8O3S/c1-32(2,3)45-29(43)21-40-15-17-41(18-16-40)23-11-13-42(14-12-23)27-10-9-22(19-25(27)34)36-31-35-20-24(33)30(38-31)37-26-7-5-6-8-28(26)39(4)46-44/h5-10,19-20,23,46H,11-18,21H2,1-4H3,(H2,35,36,37,38). The van der Waals surface area contributed by atoms with Crippen molar-refractivity contribution in [3.8, 4) is 0 Å². The number of anilines is 6. The van der Waals surface area contributed by atoms with Gasteiger partial charge in [-0.15, -0.1) is 0 Å². The molecule has 0 spiro atoms. The van der Waals surface area contributed by atoms with Crippen LogP contribution >= 0.6 is 11.6 Å². The summed E-state index contributed by atoms with van der Waals surface area (Å²) in [4.78, 5) is 27.7. The minimum absolute atomic E-state index is 0.155. The molecule has 2 aromatic carbocycles. The van der Waals surface area contributed by atoms with E-state index in [9.17, 15) is 9.00 Å². The third-order valence-electron chi connectivity index (χ3n) is 8.08. The van der Waals surface area contributed by atoms with Gasteiger partial charge in [0.1, 0.15) is 28.3 Å². The molecule has 2 aliphatic rings. The van der Waals surface area contributed by atoms with Gasteiger partial charge in [-0.1, -0.05) is 23.7 Å². The fourth-order valence-electron chi connectivity index (χ4n) is 5.83. The molecule has 2 saturated heterocycles. The molecule has 3 aromatic rings. The maximum atomic E-state index is 15.4. The molecule has 0 bridgehead atoms. The van der Waals surface area contributed by atoms with E-state index >= 15 is 4.39 Å². The van der Waals surface area contributed by atoms with Gasteiger partial charge in [0, 0.05) is 58.0 Å². The second-order valence-corrected chi connectivity index (χ2v) is 13.7. The summed E-state index contributed by atoms with van der Waals surface area (Å²) in [5.41, 5.74) is 1.98. The zero-order valence-corrected chi connectivity index (χ0v) is 28.3. The zero-order valence-electron chi connectivity index (χ0n) is 26.7. The summed E-state index contributed by atoms with van der Waals surface area (Å²) in [6.07, 6.45) is 3.37. The summed E-state index contributed by atoms with van der Waals surface area (Å²) in [6.45, 7) is 11.0. The second-order valence-electron chi connectivity index (χ2n) is 12.5. The summed E-state index contributed by atoms with van der Waals surface area (Å²) < 4.78 is 33.8. The molecule has 11 nitrogen and oxygen atoms in total. The van der Waals surface area contributed by atoms with E-state index in [1.807, 2.05) is 51.1 Å². The number of nitrogens with zero attached hydrogens (tertiary/aromatic N) is 6. The Balaban J connectivity index is 1.14. The number of ether oxygens (including phenoxy) is 1. The van der Waals surface area contributed by atoms with Gasteiger partial charge in [-0.3, -0.25) is 18.9 Å². The fraction of sp³-hybridized carbons (Fsp3) is 0.469. The van der Waals surface area contributed by atoms with Crippen molar-refractivity contribution in [3.05, 3.63) is 59.5 Å². The normalized spacial score (nSPS) is 16.7. The summed E-state index contributed by atoms with van der Waals surface area (Å²) >= 11 is 6.22.